The van der Waals surface area contributed by atoms with Crippen LogP contribution in [0.15, 0.2) is 57.7 Å². The van der Waals surface area contributed by atoms with E-state index in [4.69, 9.17) is 4.42 Å². The Morgan fingerprint density at radius 3 is 2.48 bits per heavy atom. The van der Waals surface area contributed by atoms with Crippen molar-refractivity contribution in [3.63, 3.8) is 0 Å². The van der Waals surface area contributed by atoms with Crippen molar-refractivity contribution in [2.75, 3.05) is 18.5 Å². The van der Waals surface area contributed by atoms with E-state index in [1.165, 1.54) is 4.90 Å². The van der Waals surface area contributed by atoms with Crippen molar-refractivity contribution in [1.29, 1.82) is 0 Å². The lowest BCUT2D eigenvalue weighted by atomic mass is 9.84. The predicted octanol–water partition coefficient (Wildman–Crippen LogP) is 2.49. The maximum absolute atomic E-state index is 13.6. The molecule has 1 aromatic heterocycles. The lowest BCUT2D eigenvalue weighted by Crippen LogP contribution is -2.51. The van der Waals surface area contributed by atoms with Crippen molar-refractivity contribution in [3.8, 4) is 0 Å². The number of rotatable bonds is 1. The molecule has 5 rings (SSSR count). The summed E-state index contributed by atoms with van der Waals surface area (Å²) < 4.78 is 5.82. The molecule has 1 spiro atoms. The number of hydrogen-bond acceptors (Lipinski definition) is 4. The maximum Gasteiger partial charge on any atom is 0.291 e. The van der Waals surface area contributed by atoms with Gasteiger partial charge in [0, 0.05) is 19.2 Å². The molecule has 2 aromatic carbocycles. The van der Waals surface area contributed by atoms with Crippen LogP contribution < -0.4 is 10.3 Å². The number of likely N-dealkylation sites (N-methyl/N-ethyl adjacent to an activating group) is 2. The van der Waals surface area contributed by atoms with Crippen molar-refractivity contribution in [2.45, 2.75) is 12.5 Å². The standard InChI is InChI=1S/C21H16N2O4/c1-3-23-14-10-6-5-9-13(14)21(20(23)26)16-17(24)12-8-4-7-11-15(12)27-18(16)19(25)22(21)2/h4-11H,3H2,1-2H3/t21-/m0/s1. The molecule has 6 nitrogen and oxygen atoms in total. The van der Waals surface area contributed by atoms with Crippen LogP contribution in [0, 0.1) is 0 Å². The van der Waals surface area contributed by atoms with Gasteiger partial charge in [-0.05, 0) is 25.1 Å². The molecule has 1 atom stereocenters. The summed E-state index contributed by atoms with van der Waals surface area (Å²) in [5, 5.41) is 0.360. The summed E-state index contributed by atoms with van der Waals surface area (Å²) in [7, 11) is 1.55. The molecule has 2 aliphatic heterocycles. The first-order valence-corrected chi connectivity index (χ1v) is 8.79. The topological polar surface area (TPSA) is 70.8 Å². The molecule has 0 radical (unpaired) electrons. The lowest BCUT2D eigenvalue weighted by molar-refractivity contribution is -0.125. The number of hydrogen-bond donors (Lipinski definition) is 0. The smallest absolute Gasteiger partial charge is 0.291 e. The fourth-order valence-electron chi connectivity index (χ4n) is 4.41. The highest BCUT2D eigenvalue weighted by Crippen LogP contribution is 2.51. The van der Waals surface area contributed by atoms with E-state index in [1.807, 2.05) is 25.1 Å². The van der Waals surface area contributed by atoms with Gasteiger partial charge >= 0.3 is 0 Å². The molecule has 2 amide bonds. The van der Waals surface area contributed by atoms with Crippen molar-refractivity contribution < 1.29 is 14.0 Å². The highest BCUT2D eigenvalue weighted by atomic mass is 16.3. The average molecular weight is 360 g/mol. The quantitative estimate of drug-likeness (QED) is 0.668. The molecule has 6 heteroatoms. The number of carbonyl (C=O) groups is 2. The number of fused-ring (bicyclic) bond motifs is 5. The third-order valence-corrected chi connectivity index (χ3v) is 5.62. The van der Waals surface area contributed by atoms with E-state index in [0.717, 1.165) is 0 Å². The van der Waals surface area contributed by atoms with E-state index in [1.54, 1.807) is 42.3 Å². The van der Waals surface area contributed by atoms with E-state index in [0.29, 0.717) is 28.8 Å². The highest BCUT2D eigenvalue weighted by Gasteiger charge is 2.63. The SMILES string of the molecule is CCN1C(=O)[C@]2(c3ccccc31)c1c(oc3ccccc3c1=O)C(=O)N2C. The summed E-state index contributed by atoms with van der Waals surface area (Å²) in [4.78, 5) is 43.0. The zero-order valence-corrected chi connectivity index (χ0v) is 14.9. The average Bonchev–Trinajstić information content (AvgIpc) is 3.07. The largest absolute Gasteiger partial charge is 0.450 e. The first-order valence-electron chi connectivity index (χ1n) is 8.79. The normalized spacial score (nSPS) is 20.7. The Morgan fingerprint density at radius 1 is 1.00 bits per heavy atom. The first kappa shape index (κ1) is 15.8. The van der Waals surface area contributed by atoms with Gasteiger partial charge in [0.25, 0.3) is 11.8 Å². The van der Waals surface area contributed by atoms with Crippen LogP contribution in [0.4, 0.5) is 5.69 Å². The minimum atomic E-state index is -1.48. The molecule has 0 fully saturated rings. The van der Waals surface area contributed by atoms with Gasteiger partial charge in [-0.1, -0.05) is 30.3 Å². The Kier molecular flexibility index (Phi) is 2.97. The van der Waals surface area contributed by atoms with Crippen LogP contribution in [-0.4, -0.2) is 30.3 Å². The number of amides is 2. The number of nitrogens with zero attached hydrogens (tertiary/aromatic N) is 2. The van der Waals surface area contributed by atoms with Gasteiger partial charge in [-0.2, -0.15) is 0 Å². The monoisotopic (exact) mass is 360 g/mol. The summed E-state index contributed by atoms with van der Waals surface area (Å²) in [6.07, 6.45) is 0. The Labute approximate surface area is 154 Å². The van der Waals surface area contributed by atoms with Gasteiger partial charge < -0.3 is 14.2 Å². The third kappa shape index (κ3) is 1.63. The second-order valence-electron chi connectivity index (χ2n) is 6.77. The molecular formula is C21H16N2O4. The van der Waals surface area contributed by atoms with Gasteiger partial charge in [0.05, 0.1) is 16.6 Å². The molecule has 0 N–H and O–H groups in total. The van der Waals surface area contributed by atoms with Crippen LogP contribution in [0.2, 0.25) is 0 Å². The Bertz CT molecular complexity index is 1210. The third-order valence-electron chi connectivity index (χ3n) is 5.62. The Hall–Kier alpha value is -3.41. The van der Waals surface area contributed by atoms with Gasteiger partial charge in [-0.15, -0.1) is 0 Å². The van der Waals surface area contributed by atoms with Crippen molar-refractivity contribution in [3.05, 3.63) is 75.6 Å². The van der Waals surface area contributed by atoms with Crippen LogP contribution in [0.5, 0.6) is 0 Å². The van der Waals surface area contributed by atoms with E-state index in [2.05, 4.69) is 0 Å². The molecular weight excluding hydrogens is 344 g/mol. The van der Waals surface area contributed by atoms with Gasteiger partial charge in [0.2, 0.25) is 5.76 Å². The van der Waals surface area contributed by atoms with Crippen LogP contribution in [0.1, 0.15) is 28.6 Å². The van der Waals surface area contributed by atoms with Crippen LogP contribution in [0.3, 0.4) is 0 Å². The van der Waals surface area contributed by atoms with Gasteiger partial charge in [-0.25, -0.2) is 0 Å². The molecule has 2 aliphatic rings. The summed E-state index contributed by atoms with van der Waals surface area (Å²) >= 11 is 0. The van der Waals surface area contributed by atoms with Crippen molar-refractivity contribution in [1.82, 2.24) is 4.90 Å². The molecule has 3 aromatic rings. The molecule has 134 valence electrons. The van der Waals surface area contributed by atoms with Crippen molar-refractivity contribution >= 4 is 28.5 Å². The van der Waals surface area contributed by atoms with Gasteiger partial charge in [0.1, 0.15) is 5.58 Å². The fourth-order valence-corrected chi connectivity index (χ4v) is 4.41. The number of benzene rings is 2. The second-order valence-corrected chi connectivity index (χ2v) is 6.77. The second kappa shape index (κ2) is 5.07. The zero-order valence-electron chi connectivity index (χ0n) is 14.9. The minimum absolute atomic E-state index is 0.0534. The van der Waals surface area contributed by atoms with Crippen LogP contribution >= 0.6 is 0 Å². The molecule has 0 bridgehead atoms. The minimum Gasteiger partial charge on any atom is -0.450 e. The summed E-state index contributed by atoms with van der Waals surface area (Å²) in [6, 6.07) is 14.1. The number of carbonyl (C=O) groups excluding carboxylic acids is 2. The number of para-hydroxylation sites is 2. The molecule has 3 heterocycles. The highest BCUT2D eigenvalue weighted by molar-refractivity contribution is 6.17. The maximum atomic E-state index is 13.6. The first-order chi connectivity index (χ1) is 13.0. The molecule has 0 unspecified atom stereocenters. The number of anilines is 1. The van der Waals surface area contributed by atoms with Crippen LogP contribution in [-0.2, 0) is 10.3 Å². The Balaban J connectivity index is 1.97. The molecule has 27 heavy (non-hydrogen) atoms. The zero-order chi connectivity index (χ0) is 18.9. The lowest BCUT2D eigenvalue weighted by Gasteiger charge is -2.31. The fraction of sp³-hybridized carbons (Fsp3) is 0.190. The van der Waals surface area contributed by atoms with E-state index < -0.39 is 11.4 Å². The predicted molar refractivity (Wildman–Crippen MR) is 99.8 cm³/mol. The van der Waals surface area contributed by atoms with Crippen LogP contribution in [0.25, 0.3) is 11.0 Å². The van der Waals surface area contributed by atoms with Gasteiger partial charge in [0.15, 0.2) is 11.0 Å². The molecule has 0 saturated heterocycles. The summed E-state index contributed by atoms with van der Waals surface area (Å²) in [6.45, 7) is 2.31. The van der Waals surface area contributed by atoms with Gasteiger partial charge in [-0.3, -0.25) is 14.4 Å². The molecule has 0 aliphatic carbocycles. The summed E-state index contributed by atoms with van der Waals surface area (Å²) in [5.41, 5.74) is -0.0260. The van der Waals surface area contributed by atoms with E-state index >= 15 is 0 Å². The Morgan fingerprint density at radius 2 is 1.70 bits per heavy atom. The van der Waals surface area contributed by atoms with E-state index in [9.17, 15) is 14.4 Å². The van der Waals surface area contributed by atoms with Crippen molar-refractivity contribution in [2.24, 2.45) is 0 Å². The van der Waals surface area contributed by atoms with E-state index in [-0.39, 0.29) is 22.7 Å². The molecule has 0 saturated carbocycles. The summed E-state index contributed by atoms with van der Waals surface area (Å²) in [5.74, 6) is -0.820.